The van der Waals surface area contributed by atoms with Gasteiger partial charge in [0.25, 0.3) is 0 Å². The molecule has 0 aliphatic heterocycles. The van der Waals surface area contributed by atoms with E-state index in [4.69, 9.17) is 4.74 Å². The van der Waals surface area contributed by atoms with Crippen molar-refractivity contribution in [2.24, 2.45) is 0 Å². The Morgan fingerprint density at radius 2 is 1.66 bits per heavy atom. The van der Waals surface area contributed by atoms with Gasteiger partial charge in [0.05, 0.1) is 18.6 Å². The Bertz CT molecular complexity index is 1170. The Balaban J connectivity index is 1.81. The zero-order valence-electron chi connectivity index (χ0n) is 18.5. The molecular weight excluding hydrogens is 424 g/mol. The maximum absolute atomic E-state index is 13.4. The molecule has 0 aliphatic carbocycles. The SMILES string of the molecule is COc1ccccc1CNC(=O)CN(Cc1cccc(C)c1)S(=O)(=O)c1ccc(C)cc1. The van der Waals surface area contributed by atoms with E-state index in [0.717, 1.165) is 22.3 Å². The largest absolute Gasteiger partial charge is 0.496 e. The van der Waals surface area contributed by atoms with E-state index in [1.54, 1.807) is 31.4 Å². The molecule has 0 saturated heterocycles. The first-order valence-corrected chi connectivity index (χ1v) is 11.7. The van der Waals surface area contributed by atoms with E-state index in [0.29, 0.717) is 5.75 Å². The van der Waals surface area contributed by atoms with Gasteiger partial charge in [0.2, 0.25) is 15.9 Å². The summed E-state index contributed by atoms with van der Waals surface area (Å²) < 4.78 is 33.3. The van der Waals surface area contributed by atoms with Crippen LogP contribution >= 0.6 is 0 Å². The van der Waals surface area contributed by atoms with Crippen molar-refractivity contribution in [3.05, 3.63) is 95.1 Å². The normalized spacial score (nSPS) is 11.4. The monoisotopic (exact) mass is 452 g/mol. The van der Waals surface area contributed by atoms with Gasteiger partial charge in [-0.25, -0.2) is 8.42 Å². The van der Waals surface area contributed by atoms with Crippen molar-refractivity contribution in [2.75, 3.05) is 13.7 Å². The van der Waals surface area contributed by atoms with Crippen LogP contribution in [0.3, 0.4) is 0 Å². The Morgan fingerprint density at radius 3 is 2.34 bits per heavy atom. The van der Waals surface area contributed by atoms with E-state index in [9.17, 15) is 13.2 Å². The number of amides is 1. The number of carbonyl (C=O) groups is 1. The molecule has 6 nitrogen and oxygen atoms in total. The number of sulfonamides is 1. The number of ether oxygens (including phenoxy) is 1. The summed E-state index contributed by atoms with van der Waals surface area (Å²) in [5, 5.41) is 2.81. The Morgan fingerprint density at radius 1 is 0.938 bits per heavy atom. The summed E-state index contributed by atoms with van der Waals surface area (Å²) in [6.45, 7) is 3.89. The van der Waals surface area contributed by atoms with Crippen molar-refractivity contribution in [1.82, 2.24) is 9.62 Å². The first kappa shape index (κ1) is 23.5. The van der Waals surface area contributed by atoms with Crippen LogP contribution in [-0.2, 0) is 27.9 Å². The van der Waals surface area contributed by atoms with Gasteiger partial charge in [0.1, 0.15) is 5.75 Å². The predicted octanol–water partition coefficient (Wildman–Crippen LogP) is 3.82. The van der Waals surface area contributed by atoms with Crippen LogP contribution in [0.5, 0.6) is 5.75 Å². The van der Waals surface area contributed by atoms with E-state index in [1.165, 1.54) is 4.31 Å². The molecular formula is C25H28N2O4S. The predicted molar refractivity (Wildman–Crippen MR) is 125 cm³/mol. The summed E-state index contributed by atoms with van der Waals surface area (Å²) in [4.78, 5) is 12.9. The second kappa shape index (κ2) is 10.4. The summed E-state index contributed by atoms with van der Waals surface area (Å²) in [7, 11) is -2.30. The van der Waals surface area contributed by atoms with Crippen LogP contribution in [0.4, 0.5) is 0 Å². The highest BCUT2D eigenvalue weighted by Gasteiger charge is 2.27. The van der Waals surface area contributed by atoms with Gasteiger partial charge in [0, 0.05) is 18.7 Å². The van der Waals surface area contributed by atoms with Crippen LogP contribution in [0.2, 0.25) is 0 Å². The van der Waals surface area contributed by atoms with Crippen molar-refractivity contribution in [3.63, 3.8) is 0 Å². The van der Waals surface area contributed by atoms with Gasteiger partial charge in [-0.1, -0.05) is 65.7 Å². The molecule has 3 aromatic carbocycles. The lowest BCUT2D eigenvalue weighted by atomic mass is 10.1. The fourth-order valence-electron chi connectivity index (χ4n) is 3.36. The molecule has 32 heavy (non-hydrogen) atoms. The van der Waals surface area contributed by atoms with Crippen molar-refractivity contribution < 1.29 is 17.9 Å². The highest BCUT2D eigenvalue weighted by Crippen LogP contribution is 2.20. The molecule has 0 aliphatic rings. The number of nitrogens with one attached hydrogen (secondary N) is 1. The van der Waals surface area contributed by atoms with E-state index < -0.39 is 10.0 Å². The first-order chi connectivity index (χ1) is 15.3. The van der Waals surface area contributed by atoms with E-state index >= 15 is 0 Å². The third-order valence-corrected chi connectivity index (χ3v) is 6.89. The molecule has 0 atom stereocenters. The zero-order chi connectivity index (χ0) is 23.1. The molecule has 0 aromatic heterocycles. The van der Waals surface area contributed by atoms with E-state index in [1.807, 2.05) is 62.4 Å². The number of aryl methyl sites for hydroxylation is 2. The van der Waals surface area contributed by atoms with Crippen molar-refractivity contribution >= 4 is 15.9 Å². The number of para-hydroxylation sites is 1. The number of benzene rings is 3. The van der Waals surface area contributed by atoms with Gasteiger partial charge in [-0.3, -0.25) is 4.79 Å². The van der Waals surface area contributed by atoms with Gasteiger partial charge >= 0.3 is 0 Å². The average molecular weight is 453 g/mol. The molecule has 0 saturated carbocycles. The summed E-state index contributed by atoms with van der Waals surface area (Å²) in [6.07, 6.45) is 0. The molecule has 0 bridgehead atoms. The Labute approximate surface area is 189 Å². The van der Waals surface area contributed by atoms with Crippen LogP contribution < -0.4 is 10.1 Å². The minimum atomic E-state index is -3.87. The average Bonchev–Trinajstić information content (AvgIpc) is 2.78. The third-order valence-electron chi connectivity index (χ3n) is 5.09. The number of hydrogen-bond acceptors (Lipinski definition) is 4. The minimum absolute atomic E-state index is 0.0972. The molecule has 0 unspecified atom stereocenters. The standard InChI is InChI=1S/C25H28N2O4S/c1-19-11-13-23(14-12-19)32(29,30)27(17-21-8-6-7-20(2)15-21)18-25(28)26-16-22-9-4-5-10-24(22)31-3/h4-15H,16-18H2,1-3H3,(H,26,28). The maximum Gasteiger partial charge on any atom is 0.243 e. The molecule has 1 N–H and O–H groups in total. The first-order valence-electron chi connectivity index (χ1n) is 10.3. The van der Waals surface area contributed by atoms with Gasteiger partial charge in [-0.05, 0) is 37.6 Å². The van der Waals surface area contributed by atoms with Gasteiger partial charge in [0.15, 0.2) is 0 Å². The quantitative estimate of drug-likeness (QED) is 0.536. The van der Waals surface area contributed by atoms with E-state index in [-0.39, 0.29) is 30.4 Å². The van der Waals surface area contributed by atoms with Crippen molar-refractivity contribution in [2.45, 2.75) is 31.8 Å². The number of rotatable bonds is 9. The fourth-order valence-corrected chi connectivity index (χ4v) is 4.74. The molecule has 3 rings (SSSR count). The molecule has 168 valence electrons. The lowest BCUT2D eigenvalue weighted by molar-refractivity contribution is -0.121. The lowest BCUT2D eigenvalue weighted by Crippen LogP contribution is -2.40. The van der Waals surface area contributed by atoms with E-state index in [2.05, 4.69) is 5.32 Å². The Hall–Kier alpha value is -3.16. The van der Waals surface area contributed by atoms with Crippen molar-refractivity contribution in [1.29, 1.82) is 0 Å². The van der Waals surface area contributed by atoms with Crippen LogP contribution in [0.25, 0.3) is 0 Å². The van der Waals surface area contributed by atoms with Gasteiger partial charge < -0.3 is 10.1 Å². The molecule has 3 aromatic rings. The zero-order valence-corrected chi connectivity index (χ0v) is 19.4. The molecule has 0 heterocycles. The highest BCUT2D eigenvalue weighted by molar-refractivity contribution is 7.89. The third kappa shape index (κ3) is 5.96. The Kier molecular flexibility index (Phi) is 7.66. The molecule has 0 radical (unpaired) electrons. The summed E-state index contributed by atoms with van der Waals surface area (Å²) >= 11 is 0. The summed E-state index contributed by atoms with van der Waals surface area (Å²) in [6, 6.07) is 21.6. The molecule has 0 spiro atoms. The van der Waals surface area contributed by atoms with Crippen molar-refractivity contribution in [3.8, 4) is 5.75 Å². The summed E-state index contributed by atoms with van der Waals surface area (Å²) in [5.74, 6) is 0.274. The number of methoxy groups -OCH3 is 1. The van der Waals surface area contributed by atoms with Crippen LogP contribution in [0, 0.1) is 13.8 Å². The number of nitrogens with zero attached hydrogens (tertiary/aromatic N) is 1. The summed E-state index contributed by atoms with van der Waals surface area (Å²) in [5.41, 5.74) is 3.62. The molecule has 7 heteroatoms. The fraction of sp³-hybridized carbons (Fsp3) is 0.240. The number of hydrogen-bond donors (Lipinski definition) is 1. The lowest BCUT2D eigenvalue weighted by Gasteiger charge is -2.22. The maximum atomic E-state index is 13.4. The second-order valence-corrected chi connectivity index (χ2v) is 9.60. The number of carbonyl (C=O) groups excluding carboxylic acids is 1. The van der Waals surface area contributed by atoms with Gasteiger partial charge in [-0.2, -0.15) is 4.31 Å². The smallest absolute Gasteiger partial charge is 0.243 e. The van der Waals surface area contributed by atoms with Crippen LogP contribution in [0.1, 0.15) is 22.3 Å². The van der Waals surface area contributed by atoms with Crippen LogP contribution in [0.15, 0.2) is 77.7 Å². The second-order valence-electron chi connectivity index (χ2n) is 7.66. The molecule has 1 amide bonds. The minimum Gasteiger partial charge on any atom is -0.496 e. The van der Waals surface area contributed by atoms with Crippen LogP contribution in [-0.4, -0.2) is 32.3 Å². The van der Waals surface area contributed by atoms with Gasteiger partial charge in [-0.15, -0.1) is 0 Å². The highest BCUT2D eigenvalue weighted by atomic mass is 32.2. The molecule has 0 fully saturated rings. The topological polar surface area (TPSA) is 75.7 Å².